The fourth-order valence-corrected chi connectivity index (χ4v) is 3.86. The Morgan fingerprint density at radius 3 is 2.46 bits per heavy atom. The van der Waals surface area contributed by atoms with Crippen LogP contribution in [0.25, 0.3) is 0 Å². The predicted molar refractivity (Wildman–Crippen MR) is 103 cm³/mol. The highest BCUT2D eigenvalue weighted by molar-refractivity contribution is 7.71. The van der Waals surface area contributed by atoms with Gasteiger partial charge < -0.3 is 14.4 Å². The number of carbonyl (C=O) groups excluding carboxylic acids is 1. The maximum atomic E-state index is 11.4. The third-order valence-corrected chi connectivity index (χ3v) is 5.98. The van der Waals surface area contributed by atoms with Gasteiger partial charge in [0.25, 0.3) is 0 Å². The van der Waals surface area contributed by atoms with Gasteiger partial charge >= 0.3 is 0 Å². The molecule has 1 aromatic carbocycles. The lowest BCUT2D eigenvalue weighted by molar-refractivity contribution is -0.924. The van der Waals surface area contributed by atoms with Crippen molar-refractivity contribution in [1.82, 2.24) is 14.3 Å². The summed E-state index contributed by atoms with van der Waals surface area (Å²) in [6.45, 7) is 6.58. The molecule has 1 N–H and O–H groups in total. The number of piperazine rings is 1. The topological polar surface area (TPSA) is 47.5 Å². The number of hydrogen-bond acceptors (Lipinski definition) is 4. The minimum atomic E-state index is 0.114. The Hall–Kier alpha value is -1.99. The second-order valence-corrected chi connectivity index (χ2v) is 7.84. The minimum absolute atomic E-state index is 0.114. The number of anilines is 1. The van der Waals surface area contributed by atoms with E-state index in [0.29, 0.717) is 5.92 Å². The van der Waals surface area contributed by atoms with Crippen LogP contribution >= 0.6 is 12.2 Å². The molecule has 0 atom stereocenters. The van der Waals surface area contributed by atoms with E-state index in [1.807, 2.05) is 23.9 Å². The molecule has 1 aliphatic carbocycles. The highest BCUT2D eigenvalue weighted by Crippen LogP contribution is 2.38. The summed E-state index contributed by atoms with van der Waals surface area (Å²) in [5.41, 5.74) is 1.97. The van der Waals surface area contributed by atoms with Gasteiger partial charge in [0.15, 0.2) is 12.5 Å². The van der Waals surface area contributed by atoms with E-state index in [-0.39, 0.29) is 5.78 Å². The molecule has 6 nitrogen and oxygen atoms in total. The van der Waals surface area contributed by atoms with Crippen LogP contribution in [0.4, 0.5) is 5.69 Å². The van der Waals surface area contributed by atoms with E-state index in [0.717, 1.165) is 49.0 Å². The molecule has 1 aliphatic heterocycles. The zero-order valence-electron chi connectivity index (χ0n) is 15.4. The number of quaternary nitrogens is 1. The van der Waals surface area contributed by atoms with Gasteiger partial charge in [-0.05, 0) is 56.2 Å². The Morgan fingerprint density at radius 1 is 1.23 bits per heavy atom. The van der Waals surface area contributed by atoms with Gasteiger partial charge in [0.05, 0.1) is 26.2 Å². The lowest BCUT2D eigenvalue weighted by Crippen LogP contribution is -3.14. The Bertz CT molecular complexity index is 857. The maximum absolute atomic E-state index is 11.4. The molecule has 7 heteroatoms. The van der Waals surface area contributed by atoms with Crippen molar-refractivity contribution < 1.29 is 9.69 Å². The molecule has 2 fully saturated rings. The van der Waals surface area contributed by atoms with Crippen LogP contribution < -0.4 is 9.80 Å². The molecule has 1 saturated carbocycles. The SMILES string of the molecule is CC(=O)c1ccc(N2CC[NH+](Cn3nc(C4CC4)n(C)c3=S)CC2)cc1. The number of rotatable bonds is 5. The molecule has 0 spiro atoms. The third kappa shape index (κ3) is 3.46. The number of nitrogens with zero attached hydrogens (tertiary/aromatic N) is 4. The molecule has 138 valence electrons. The summed E-state index contributed by atoms with van der Waals surface area (Å²) in [5.74, 6) is 1.88. The second kappa shape index (κ2) is 6.96. The third-order valence-electron chi connectivity index (χ3n) is 5.50. The Labute approximate surface area is 159 Å². The average molecular weight is 373 g/mol. The zero-order chi connectivity index (χ0) is 18.3. The predicted octanol–water partition coefficient (Wildman–Crippen LogP) is 1.39. The van der Waals surface area contributed by atoms with Gasteiger partial charge in [0.1, 0.15) is 5.82 Å². The van der Waals surface area contributed by atoms with Crippen molar-refractivity contribution in [2.24, 2.45) is 7.05 Å². The van der Waals surface area contributed by atoms with Crippen molar-refractivity contribution in [3.63, 3.8) is 0 Å². The summed E-state index contributed by atoms with van der Waals surface area (Å²) in [4.78, 5) is 15.3. The lowest BCUT2D eigenvalue weighted by Gasteiger charge is -2.33. The van der Waals surface area contributed by atoms with E-state index in [1.54, 1.807) is 6.92 Å². The molecule has 0 amide bonds. The van der Waals surface area contributed by atoms with E-state index in [2.05, 4.69) is 21.6 Å². The zero-order valence-corrected chi connectivity index (χ0v) is 16.3. The molecule has 4 rings (SSSR count). The van der Waals surface area contributed by atoms with E-state index >= 15 is 0 Å². The molecule has 1 aromatic heterocycles. The molecule has 0 bridgehead atoms. The van der Waals surface area contributed by atoms with Crippen LogP contribution in [0.15, 0.2) is 24.3 Å². The van der Waals surface area contributed by atoms with E-state index in [4.69, 9.17) is 17.3 Å². The molecule has 2 aliphatic rings. The Morgan fingerprint density at radius 2 is 1.88 bits per heavy atom. The van der Waals surface area contributed by atoms with Gasteiger partial charge in [-0.2, -0.15) is 9.78 Å². The van der Waals surface area contributed by atoms with Crippen molar-refractivity contribution in [3.05, 3.63) is 40.4 Å². The number of carbonyl (C=O) groups is 1. The van der Waals surface area contributed by atoms with Crippen molar-refractivity contribution in [2.45, 2.75) is 32.4 Å². The number of nitrogens with one attached hydrogen (secondary N) is 1. The summed E-state index contributed by atoms with van der Waals surface area (Å²) >= 11 is 5.57. The largest absolute Gasteiger partial charge is 0.360 e. The normalized spacial score (nSPS) is 18.3. The van der Waals surface area contributed by atoms with Crippen LogP contribution in [0.2, 0.25) is 0 Å². The van der Waals surface area contributed by atoms with Gasteiger partial charge in [-0.15, -0.1) is 0 Å². The monoisotopic (exact) mass is 372 g/mol. The molecule has 2 heterocycles. The first-order valence-corrected chi connectivity index (χ1v) is 9.77. The van der Waals surface area contributed by atoms with Crippen LogP contribution in [0.5, 0.6) is 0 Å². The summed E-state index contributed by atoms with van der Waals surface area (Å²) in [6.07, 6.45) is 2.49. The first-order chi connectivity index (χ1) is 12.5. The van der Waals surface area contributed by atoms with Crippen LogP contribution in [0.1, 0.15) is 41.9 Å². The molecule has 0 unspecified atom stereocenters. The fraction of sp³-hybridized carbons (Fsp3) is 0.526. The molecular formula is C19H26N5OS+. The van der Waals surface area contributed by atoms with Gasteiger partial charge in [-0.1, -0.05) is 0 Å². The van der Waals surface area contributed by atoms with E-state index in [1.165, 1.54) is 23.4 Å². The molecular weight excluding hydrogens is 346 g/mol. The fourth-order valence-electron chi connectivity index (χ4n) is 3.66. The summed E-state index contributed by atoms with van der Waals surface area (Å²) in [5, 5.41) is 4.78. The minimum Gasteiger partial charge on any atom is -0.360 e. The van der Waals surface area contributed by atoms with E-state index < -0.39 is 0 Å². The van der Waals surface area contributed by atoms with Crippen LogP contribution in [-0.2, 0) is 13.7 Å². The standard InChI is InChI=1S/C19H25N5OS/c1-14(25)15-5-7-17(8-6-15)23-11-9-22(10-12-23)13-24-19(26)21(2)18(20-24)16-3-4-16/h5-8,16H,3-4,9-13H2,1-2H3/p+1. The van der Waals surface area contributed by atoms with Crippen molar-refractivity contribution >= 4 is 23.7 Å². The number of hydrogen-bond donors (Lipinski definition) is 1. The van der Waals surface area contributed by atoms with E-state index in [9.17, 15) is 4.79 Å². The Balaban J connectivity index is 1.37. The van der Waals surface area contributed by atoms with Crippen molar-refractivity contribution in [1.29, 1.82) is 0 Å². The first kappa shape index (κ1) is 17.4. The van der Waals surface area contributed by atoms with Gasteiger partial charge in [-0.3, -0.25) is 4.79 Å². The van der Waals surface area contributed by atoms with Crippen molar-refractivity contribution in [2.75, 3.05) is 31.1 Å². The molecule has 0 radical (unpaired) electrons. The molecule has 1 saturated heterocycles. The lowest BCUT2D eigenvalue weighted by atomic mass is 10.1. The van der Waals surface area contributed by atoms with Gasteiger partial charge in [0.2, 0.25) is 4.77 Å². The average Bonchev–Trinajstić information content (AvgIpc) is 3.45. The number of ketones is 1. The second-order valence-electron chi connectivity index (χ2n) is 7.47. The van der Waals surface area contributed by atoms with Crippen LogP contribution in [0.3, 0.4) is 0 Å². The summed E-state index contributed by atoms with van der Waals surface area (Å²) in [7, 11) is 2.04. The number of Topliss-reactive ketones (excluding diaryl/α,β-unsaturated/α-hetero) is 1. The van der Waals surface area contributed by atoms with Crippen LogP contribution in [-0.4, -0.2) is 46.3 Å². The maximum Gasteiger partial charge on any atom is 0.202 e. The molecule has 2 aromatic rings. The molecule has 26 heavy (non-hydrogen) atoms. The summed E-state index contributed by atoms with van der Waals surface area (Å²) < 4.78 is 4.93. The highest BCUT2D eigenvalue weighted by atomic mass is 32.1. The van der Waals surface area contributed by atoms with Gasteiger partial charge in [0, 0.05) is 24.2 Å². The van der Waals surface area contributed by atoms with Gasteiger partial charge in [-0.25, -0.2) is 0 Å². The van der Waals surface area contributed by atoms with Crippen LogP contribution in [0, 0.1) is 4.77 Å². The number of benzene rings is 1. The highest BCUT2D eigenvalue weighted by Gasteiger charge is 2.30. The first-order valence-electron chi connectivity index (χ1n) is 9.36. The summed E-state index contributed by atoms with van der Waals surface area (Å²) in [6, 6.07) is 7.95. The quantitative estimate of drug-likeness (QED) is 0.637. The Kier molecular flexibility index (Phi) is 4.67. The number of aromatic nitrogens is 3. The van der Waals surface area contributed by atoms with Crippen molar-refractivity contribution in [3.8, 4) is 0 Å². The smallest absolute Gasteiger partial charge is 0.202 e.